The van der Waals surface area contributed by atoms with E-state index in [2.05, 4.69) is 80.7 Å². The number of aryl methyl sites for hydroxylation is 3. The maximum atomic E-state index is 6.25. The summed E-state index contributed by atoms with van der Waals surface area (Å²) >= 11 is 0. The molecule has 0 amide bonds. The molecule has 4 rings (SSSR count). The van der Waals surface area contributed by atoms with Gasteiger partial charge in [-0.1, -0.05) is 26.0 Å². The molecular formula is C20H22N3O+. The van der Waals surface area contributed by atoms with Gasteiger partial charge in [-0.25, -0.2) is 14.1 Å². The molecule has 0 saturated carbocycles. The SMILES string of the molecule is Cc1ccc2c(oc3nc(C(C)C)ccc32)c1-c1n(C)cc[n+]1C. The molecule has 0 aliphatic carbocycles. The maximum absolute atomic E-state index is 6.25. The molecule has 3 heterocycles. The maximum Gasteiger partial charge on any atom is 0.292 e. The summed E-state index contributed by atoms with van der Waals surface area (Å²) in [6.45, 7) is 6.43. The monoisotopic (exact) mass is 320 g/mol. The number of furan rings is 1. The van der Waals surface area contributed by atoms with Crippen LogP contribution in [0.5, 0.6) is 0 Å². The Morgan fingerprint density at radius 3 is 2.54 bits per heavy atom. The van der Waals surface area contributed by atoms with E-state index in [0.717, 1.165) is 39.2 Å². The highest BCUT2D eigenvalue weighted by atomic mass is 16.3. The zero-order chi connectivity index (χ0) is 17.0. The Balaban J connectivity index is 2.10. The highest BCUT2D eigenvalue weighted by molar-refractivity contribution is 6.08. The number of hydrogen-bond donors (Lipinski definition) is 0. The fraction of sp³-hybridized carbons (Fsp3) is 0.300. The van der Waals surface area contributed by atoms with Gasteiger partial charge in [0, 0.05) is 16.5 Å². The zero-order valence-electron chi connectivity index (χ0n) is 14.8. The summed E-state index contributed by atoms with van der Waals surface area (Å²) in [5, 5.41) is 2.20. The quantitative estimate of drug-likeness (QED) is 0.518. The van der Waals surface area contributed by atoms with E-state index in [1.54, 1.807) is 0 Å². The van der Waals surface area contributed by atoms with Gasteiger partial charge in [-0.05, 0) is 30.5 Å². The molecule has 4 aromatic rings. The molecule has 0 aliphatic heterocycles. The van der Waals surface area contributed by atoms with Gasteiger partial charge < -0.3 is 4.42 Å². The van der Waals surface area contributed by atoms with E-state index in [1.807, 2.05) is 0 Å². The first-order valence-electron chi connectivity index (χ1n) is 8.31. The summed E-state index contributed by atoms with van der Waals surface area (Å²) in [6, 6.07) is 8.53. The molecular weight excluding hydrogens is 298 g/mol. The lowest BCUT2D eigenvalue weighted by Crippen LogP contribution is -2.29. The van der Waals surface area contributed by atoms with Crippen molar-refractivity contribution in [2.24, 2.45) is 14.1 Å². The van der Waals surface area contributed by atoms with Crippen molar-refractivity contribution in [1.82, 2.24) is 9.55 Å². The molecule has 122 valence electrons. The molecule has 0 aliphatic rings. The third-order valence-corrected chi connectivity index (χ3v) is 4.73. The van der Waals surface area contributed by atoms with E-state index in [0.29, 0.717) is 5.92 Å². The summed E-state index contributed by atoms with van der Waals surface area (Å²) in [5.74, 6) is 1.51. The van der Waals surface area contributed by atoms with Crippen LogP contribution in [0.15, 0.2) is 41.1 Å². The molecule has 0 atom stereocenters. The Labute approximate surface area is 141 Å². The zero-order valence-corrected chi connectivity index (χ0v) is 14.8. The van der Waals surface area contributed by atoms with E-state index >= 15 is 0 Å². The number of hydrogen-bond acceptors (Lipinski definition) is 2. The van der Waals surface area contributed by atoms with Crippen LogP contribution >= 0.6 is 0 Å². The first-order valence-corrected chi connectivity index (χ1v) is 8.31. The summed E-state index contributed by atoms with van der Waals surface area (Å²) < 4.78 is 10.5. The Hall–Kier alpha value is -2.62. The predicted molar refractivity (Wildman–Crippen MR) is 95.9 cm³/mol. The summed E-state index contributed by atoms with van der Waals surface area (Å²) in [6.07, 6.45) is 4.12. The lowest BCUT2D eigenvalue weighted by Gasteiger charge is -2.04. The lowest BCUT2D eigenvalue weighted by atomic mass is 10.0. The first-order chi connectivity index (χ1) is 11.5. The number of nitrogens with zero attached hydrogens (tertiary/aromatic N) is 3. The fourth-order valence-electron chi connectivity index (χ4n) is 3.38. The summed E-state index contributed by atoms with van der Waals surface area (Å²) in [4.78, 5) is 4.73. The van der Waals surface area contributed by atoms with Crippen molar-refractivity contribution in [3.8, 4) is 11.4 Å². The highest BCUT2D eigenvalue weighted by Gasteiger charge is 2.23. The minimum Gasteiger partial charge on any atom is -0.437 e. The Morgan fingerprint density at radius 1 is 1.12 bits per heavy atom. The van der Waals surface area contributed by atoms with Crippen molar-refractivity contribution < 1.29 is 8.98 Å². The number of fused-ring (bicyclic) bond motifs is 3. The minimum absolute atomic E-state index is 0.384. The van der Waals surface area contributed by atoms with E-state index in [4.69, 9.17) is 9.40 Å². The molecule has 4 nitrogen and oxygen atoms in total. The van der Waals surface area contributed by atoms with Crippen LogP contribution < -0.4 is 4.57 Å². The highest BCUT2D eigenvalue weighted by Crippen LogP contribution is 2.36. The molecule has 0 unspecified atom stereocenters. The van der Waals surface area contributed by atoms with Gasteiger partial charge in [-0.15, -0.1) is 0 Å². The second kappa shape index (κ2) is 5.20. The van der Waals surface area contributed by atoms with E-state index in [-0.39, 0.29) is 0 Å². The van der Waals surface area contributed by atoms with Crippen molar-refractivity contribution in [2.45, 2.75) is 26.7 Å². The van der Waals surface area contributed by atoms with Crippen molar-refractivity contribution in [1.29, 1.82) is 0 Å². The molecule has 0 spiro atoms. The van der Waals surface area contributed by atoms with Gasteiger partial charge in [-0.3, -0.25) is 0 Å². The van der Waals surface area contributed by atoms with Gasteiger partial charge in [0.15, 0.2) is 5.58 Å². The molecule has 0 fully saturated rings. The van der Waals surface area contributed by atoms with Gasteiger partial charge in [-0.2, -0.15) is 0 Å². The molecule has 24 heavy (non-hydrogen) atoms. The normalized spacial score (nSPS) is 11.9. The van der Waals surface area contributed by atoms with Gasteiger partial charge in [0.2, 0.25) is 5.71 Å². The van der Waals surface area contributed by atoms with Crippen LogP contribution in [0.2, 0.25) is 0 Å². The Kier molecular flexibility index (Phi) is 3.23. The lowest BCUT2D eigenvalue weighted by molar-refractivity contribution is -0.659. The largest absolute Gasteiger partial charge is 0.437 e. The van der Waals surface area contributed by atoms with Crippen molar-refractivity contribution in [3.63, 3.8) is 0 Å². The van der Waals surface area contributed by atoms with Crippen LogP contribution in [-0.4, -0.2) is 9.55 Å². The number of benzene rings is 1. The average Bonchev–Trinajstić information content (AvgIpc) is 3.07. The average molecular weight is 320 g/mol. The Bertz CT molecular complexity index is 1050. The van der Waals surface area contributed by atoms with Crippen LogP contribution in [0, 0.1) is 6.92 Å². The number of imidazole rings is 1. The third-order valence-electron chi connectivity index (χ3n) is 4.73. The molecule has 4 heteroatoms. The van der Waals surface area contributed by atoms with Crippen LogP contribution in [-0.2, 0) is 14.1 Å². The molecule has 1 aromatic carbocycles. The van der Waals surface area contributed by atoms with Crippen LogP contribution in [0.4, 0.5) is 0 Å². The van der Waals surface area contributed by atoms with E-state index in [9.17, 15) is 0 Å². The van der Waals surface area contributed by atoms with Gasteiger partial charge >= 0.3 is 0 Å². The van der Waals surface area contributed by atoms with Crippen molar-refractivity contribution in [2.75, 3.05) is 0 Å². The first kappa shape index (κ1) is 14.9. The predicted octanol–water partition coefficient (Wildman–Crippen LogP) is 4.24. The second-order valence-electron chi connectivity index (χ2n) is 6.82. The Morgan fingerprint density at radius 2 is 1.88 bits per heavy atom. The smallest absolute Gasteiger partial charge is 0.292 e. The van der Waals surface area contributed by atoms with Gasteiger partial charge in [0.25, 0.3) is 5.82 Å². The van der Waals surface area contributed by atoms with Gasteiger partial charge in [0.05, 0.1) is 14.1 Å². The standard InChI is InChI=1S/C20H22N3O/c1-12(2)16-9-8-15-14-7-6-13(3)17(18(14)24-19(15)21-16)20-22(4)10-11-23(20)5/h6-12H,1-5H3/q+1. The summed E-state index contributed by atoms with van der Waals surface area (Å²) in [7, 11) is 4.12. The third kappa shape index (κ3) is 2.06. The topological polar surface area (TPSA) is 34.8 Å². The number of aromatic nitrogens is 3. The molecule has 0 saturated heterocycles. The molecule has 0 bridgehead atoms. The fourth-order valence-corrected chi connectivity index (χ4v) is 3.38. The second-order valence-corrected chi connectivity index (χ2v) is 6.82. The summed E-state index contributed by atoms with van der Waals surface area (Å²) in [5.41, 5.74) is 5.02. The number of pyridine rings is 1. The van der Waals surface area contributed by atoms with E-state index in [1.165, 1.54) is 5.56 Å². The minimum atomic E-state index is 0.384. The van der Waals surface area contributed by atoms with Crippen LogP contribution in [0.1, 0.15) is 31.0 Å². The number of rotatable bonds is 2. The van der Waals surface area contributed by atoms with Crippen LogP contribution in [0.25, 0.3) is 33.5 Å². The molecule has 0 N–H and O–H groups in total. The molecule has 0 radical (unpaired) electrons. The van der Waals surface area contributed by atoms with Crippen molar-refractivity contribution in [3.05, 3.63) is 47.9 Å². The van der Waals surface area contributed by atoms with Gasteiger partial charge in [0.1, 0.15) is 18.0 Å². The van der Waals surface area contributed by atoms with Crippen LogP contribution in [0.3, 0.4) is 0 Å². The molecule has 3 aromatic heterocycles. The van der Waals surface area contributed by atoms with E-state index < -0.39 is 0 Å². The van der Waals surface area contributed by atoms with Crippen molar-refractivity contribution >= 4 is 22.1 Å².